The van der Waals surface area contributed by atoms with E-state index in [2.05, 4.69) is 10.3 Å². The van der Waals surface area contributed by atoms with Crippen molar-refractivity contribution in [3.05, 3.63) is 24.0 Å². The van der Waals surface area contributed by atoms with Crippen molar-refractivity contribution in [1.29, 1.82) is 0 Å². The highest BCUT2D eigenvalue weighted by atomic mass is 16.3. The molecule has 5 heteroatoms. The van der Waals surface area contributed by atoms with Crippen molar-refractivity contribution in [3.8, 4) is 0 Å². The molecule has 0 aliphatic rings. The Morgan fingerprint density at radius 2 is 2.28 bits per heavy atom. The third-order valence-electron chi connectivity index (χ3n) is 2.66. The Balaban J connectivity index is 2.57. The molecule has 0 radical (unpaired) electrons. The van der Waals surface area contributed by atoms with Gasteiger partial charge in [0.15, 0.2) is 0 Å². The second-order valence-electron chi connectivity index (χ2n) is 4.41. The van der Waals surface area contributed by atoms with Gasteiger partial charge in [0.2, 0.25) is 0 Å². The molecule has 100 valence electrons. The maximum Gasteiger partial charge on any atom is 0.272 e. The van der Waals surface area contributed by atoms with Gasteiger partial charge in [-0.3, -0.25) is 9.78 Å². The molecule has 0 saturated carbocycles. The summed E-state index contributed by atoms with van der Waals surface area (Å²) in [5.41, 5.74) is 1.26. The van der Waals surface area contributed by atoms with Crippen LogP contribution >= 0.6 is 0 Å². The van der Waals surface area contributed by atoms with Gasteiger partial charge < -0.3 is 15.3 Å². The minimum Gasteiger partial charge on any atom is -0.393 e. The number of hydrogen-bond acceptors (Lipinski definition) is 4. The van der Waals surface area contributed by atoms with Crippen LogP contribution in [0.3, 0.4) is 0 Å². The smallest absolute Gasteiger partial charge is 0.272 e. The zero-order valence-corrected chi connectivity index (χ0v) is 11.2. The van der Waals surface area contributed by atoms with Crippen LogP contribution in [0.1, 0.15) is 30.3 Å². The number of amides is 1. The predicted octanol–water partition coefficient (Wildman–Crippen LogP) is 1.36. The number of nitrogens with one attached hydrogen (secondary N) is 1. The van der Waals surface area contributed by atoms with E-state index in [1.165, 1.54) is 4.90 Å². The highest BCUT2D eigenvalue weighted by Gasteiger charge is 2.09. The standard InChI is InChI=1S/C13H21N3O2/c1-4-11(17)6-8-14-10-5-7-15-12(9-10)13(18)16(2)3/h5,7,9,11,17H,4,6,8H2,1-3H3,(H,14,15). The number of pyridine rings is 1. The molecular formula is C13H21N3O2. The Bertz CT molecular complexity index is 394. The zero-order chi connectivity index (χ0) is 13.5. The minimum absolute atomic E-state index is 0.118. The molecule has 0 spiro atoms. The van der Waals surface area contributed by atoms with E-state index in [4.69, 9.17) is 0 Å². The lowest BCUT2D eigenvalue weighted by atomic mass is 10.2. The number of hydrogen-bond donors (Lipinski definition) is 2. The van der Waals surface area contributed by atoms with Crippen molar-refractivity contribution < 1.29 is 9.90 Å². The van der Waals surface area contributed by atoms with Crippen LogP contribution < -0.4 is 5.32 Å². The van der Waals surface area contributed by atoms with Crippen LogP contribution in [-0.4, -0.2) is 47.6 Å². The first-order chi connectivity index (χ1) is 8.54. The molecule has 1 unspecified atom stereocenters. The Morgan fingerprint density at radius 1 is 1.56 bits per heavy atom. The van der Waals surface area contributed by atoms with Crippen molar-refractivity contribution in [1.82, 2.24) is 9.88 Å². The van der Waals surface area contributed by atoms with Crippen LogP contribution in [0.2, 0.25) is 0 Å². The lowest BCUT2D eigenvalue weighted by molar-refractivity contribution is 0.0822. The third kappa shape index (κ3) is 4.33. The summed E-state index contributed by atoms with van der Waals surface area (Å²) in [5, 5.41) is 12.6. The number of aliphatic hydroxyl groups excluding tert-OH is 1. The zero-order valence-electron chi connectivity index (χ0n) is 11.2. The van der Waals surface area contributed by atoms with E-state index >= 15 is 0 Å². The molecule has 0 aliphatic carbocycles. The summed E-state index contributed by atoms with van der Waals surface area (Å²) in [5.74, 6) is -0.118. The molecule has 5 nitrogen and oxygen atoms in total. The highest BCUT2D eigenvalue weighted by Crippen LogP contribution is 2.09. The van der Waals surface area contributed by atoms with Gasteiger partial charge in [0.1, 0.15) is 5.69 Å². The number of rotatable bonds is 6. The number of aromatic nitrogens is 1. The summed E-state index contributed by atoms with van der Waals surface area (Å²) in [6.07, 6.45) is 2.77. The molecule has 1 amide bonds. The number of carbonyl (C=O) groups excluding carboxylic acids is 1. The molecule has 1 heterocycles. The second kappa shape index (κ2) is 6.96. The molecule has 18 heavy (non-hydrogen) atoms. The third-order valence-corrected chi connectivity index (χ3v) is 2.66. The molecule has 1 atom stereocenters. The van der Waals surface area contributed by atoms with Crippen LogP contribution in [0.5, 0.6) is 0 Å². The van der Waals surface area contributed by atoms with Gasteiger partial charge in [-0.1, -0.05) is 6.92 Å². The first-order valence-corrected chi connectivity index (χ1v) is 6.14. The summed E-state index contributed by atoms with van der Waals surface area (Å²) in [4.78, 5) is 17.3. The minimum atomic E-state index is -0.276. The quantitative estimate of drug-likeness (QED) is 0.801. The van der Waals surface area contributed by atoms with Crippen molar-refractivity contribution in [2.24, 2.45) is 0 Å². The maximum absolute atomic E-state index is 11.7. The number of nitrogens with zero attached hydrogens (tertiary/aromatic N) is 2. The van der Waals surface area contributed by atoms with Crippen molar-refractivity contribution in [2.45, 2.75) is 25.9 Å². The summed E-state index contributed by atoms with van der Waals surface area (Å²) < 4.78 is 0. The van der Waals surface area contributed by atoms with Gasteiger partial charge in [0, 0.05) is 32.5 Å². The monoisotopic (exact) mass is 251 g/mol. The molecule has 2 N–H and O–H groups in total. The van der Waals surface area contributed by atoms with E-state index in [9.17, 15) is 9.90 Å². The molecule has 0 bridgehead atoms. The molecule has 1 aromatic rings. The van der Waals surface area contributed by atoms with E-state index in [0.29, 0.717) is 18.7 Å². The van der Waals surface area contributed by atoms with Gasteiger partial charge in [-0.15, -0.1) is 0 Å². The van der Waals surface area contributed by atoms with Crippen molar-refractivity contribution in [3.63, 3.8) is 0 Å². The van der Waals surface area contributed by atoms with Crippen molar-refractivity contribution >= 4 is 11.6 Å². The van der Waals surface area contributed by atoms with E-state index in [0.717, 1.165) is 12.1 Å². The predicted molar refractivity (Wildman–Crippen MR) is 71.7 cm³/mol. The van der Waals surface area contributed by atoms with Gasteiger partial charge >= 0.3 is 0 Å². The molecule has 1 aromatic heterocycles. The van der Waals surface area contributed by atoms with Crippen LogP contribution in [0, 0.1) is 0 Å². The lowest BCUT2D eigenvalue weighted by Gasteiger charge is -2.12. The number of aliphatic hydroxyl groups is 1. The highest BCUT2D eigenvalue weighted by molar-refractivity contribution is 5.92. The van der Waals surface area contributed by atoms with Crippen molar-refractivity contribution in [2.75, 3.05) is 26.0 Å². The normalized spacial score (nSPS) is 12.0. The number of carbonyl (C=O) groups is 1. The van der Waals surface area contributed by atoms with Crippen LogP contribution in [0.15, 0.2) is 18.3 Å². The van der Waals surface area contributed by atoms with E-state index in [1.54, 1.807) is 26.4 Å². The first kappa shape index (κ1) is 14.4. The Hall–Kier alpha value is -1.62. The Morgan fingerprint density at radius 3 is 2.89 bits per heavy atom. The fourth-order valence-corrected chi connectivity index (χ4v) is 1.47. The van der Waals surface area contributed by atoms with Gasteiger partial charge in [0.05, 0.1) is 6.10 Å². The second-order valence-corrected chi connectivity index (χ2v) is 4.41. The SMILES string of the molecule is CCC(O)CCNc1ccnc(C(=O)N(C)C)c1. The largest absolute Gasteiger partial charge is 0.393 e. The number of anilines is 1. The van der Waals surface area contributed by atoms with E-state index in [-0.39, 0.29) is 12.0 Å². The van der Waals surface area contributed by atoms with Gasteiger partial charge in [-0.05, 0) is 25.0 Å². The molecular weight excluding hydrogens is 230 g/mol. The Kier molecular flexibility index (Phi) is 5.58. The summed E-state index contributed by atoms with van der Waals surface area (Å²) >= 11 is 0. The lowest BCUT2D eigenvalue weighted by Crippen LogP contribution is -2.22. The maximum atomic E-state index is 11.7. The fraction of sp³-hybridized carbons (Fsp3) is 0.538. The van der Waals surface area contributed by atoms with E-state index in [1.807, 2.05) is 13.0 Å². The van der Waals surface area contributed by atoms with Crippen LogP contribution in [0.4, 0.5) is 5.69 Å². The van der Waals surface area contributed by atoms with E-state index < -0.39 is 0 Å². The summed E-state index contributed by atoms with van der Waals surface area (Å²) in [6.45, 7) is 2.62. The molecule has 0 fully saturated rings. The fourth-order valence-electron chi connectivity index (χ4n) is 1.47. The summed E-state index contributed by atoms with van der Waals surface area (Å²) in [7, 11) is 3.39. The molecule has 0 saturated heterocycles. The van der Waals surface area contributed by atoms with Crippen LogP contribution in [0.25, 0.3) is 0 Å². The van der Waals surface area contributed by atoms with Gasteiger partial charge in [-0.25, -0.2) is 0 Å². The molecule has 0 aromatic carbocycles. The molecule has 0 aliphatic heterocycles. The van der Waals surface area contributed by atoms with Crippen LogP contribution in [-0.2, 0) is 0 Å². The molecule has 1 rings (SSSR count). The first-order valence-electron chi connectivity index (χ1n) is 6.14. The average molecular weight is 251 g/mol. The Labute approximate surface area is 108 Å². The topological polar surface area (TPSA) is 65.5 Å². The van der Waals surface area contributed by atoms with Gasteiger partial charge in [-0.2, -0.15) is 0 Å². The average Bonchev–Trinajstić information content (AvgIpc) is 2.37. The summed E-state index contributed by atoms with van der Waals surface area (Å²) in [6, 6.07) is 3.53. The van der Waals surface area contributed by atoms with Gasteiger partial charge in [0.25, 0.3) is 5.91 Å².